The van der Waals surface area contributed by atoms with E-state index in [0.29, 0.717) is 25.3 Å². The monoisotopic (exact) mass is 343 g/mol. The zero-order valence-electron chi connectivity index (χ0n) is 15.2. The Labute approximate surface area is 148 Å². The van der Waals surface area contributed by atoms with E-state index in [1.54, 1.807) is 22.8 Å². The van der Waals surface area contributed by atoms with Gasteiger partial charge in [-0.25, -0.2) is 4.68 Å². The summed E-state index contributed by atoms with van der Waals surface area (Å²) < 4.78 is 1.56. The van der Waals surface area contributed by atoms with Gasteiger partial charge in [-0.1, -0.05) is 56.3 Å². The molecular formula is C18H25N5O2. The van der Waals surface area contributed by atoms with Gasteiger partial charge in [-0.3, -0.25) is 9.59 Å². The minimum atomic E-state index is -0.427. The SMILES string of the molecule is CN(Cc1ccccc1)C(=O)c1cn(CCNC(=O)C(C)(C)C)nn1. The Morgan fingerprint density at radius 1 is 1.20 bits per heavy atom. The molecule has 0 radical (unpaired) electrons. The maximum Gasteiger partial charge on any atom is 0.276 e. The van der Waals surface area contributed by atoms with Crippen LogP contribution in [0.2, 0.25) is 0 Å². The van der Waals surface area contributed by atoms with Crippen molar-refractivity contribution >= 4 is 11.8 Å². The number of hydrogen-bond donors (Lipinski definition) is 1. The van der Waals surface area contributed by atoms with Crippen molar-refractivity contribution in [1.29, 1.82) is 0 Å². The molecule has 0 saturated heterocycles. The predicted molar refractivity (Wildman–Crippen MR) is 94.7 cm³/mol. The molecule has 0 bridgehead atoms. The molecule has 1 aromatic carbocycles. The topological polar surface area (TPSA) is 80.1 Å². The van der Waals surface area contributed by atoms with Gasteiger partial charge in [0.05, 0.1) is 12.7 Å². The summed E-state index contributed by atoms with van der Waals surface area (Å²) in [7, 11) is 1.73. The van der Waals surface area contributed by atoms with Crippen molar-refractivity contribution in [3.05, 3.63) is 47.8 Å². The Morgan fingerprint density at radius 2 is 1.88 bits per heavy atom. The molecule has 1 heterocycles. The first kappa shape index (κ1) is 18.6. The van der Waals surface area contributed by atoms with E-state index in [4.69, 9.17) is 0 Å². The van der Waals surface area contributed by atoms with Crippen molar-refractivity contribution in [1.82, 2.24) is 25.2 Å². The van der Waals surface area contributed by atoms with Crippen molar-refractivity contribution in [2.24, 2.45) is 5.41 Å². The maximum atomic E-state index is 12.4. The third kappa shape index (κ3) is 5.41. The van der Waals surface area contributed by atoms with Crippen LogP contribution in [0.3, 0.4) is 0 Å². The first-order valence-electron chi connectivity index (χ1n) is 8.25. The van der Waals surface area contributed by atoms with E-state index in [9.17, 15) is 9.59 Å². The lowest BCUT2D eigenvalue weighted by atomic mass is 9.96. The van der Waals surface area contributed by atoms with Crippen LogP contribution in [0.1, 0.15) is 36.8 Å². The normalized spacial score (nSPS) is 11.2. The highest BCUT2D eigenvalue weighted by Gasteiger charge is 2.20. The summed E-state index contributed by atoms with van der Waals surface area (Å²) in [5.41, 5.74) is 0.917. The first-order valence-corrected chi connectivity index (χ1v) is 8.25. The zero-order chi connectivity index (χ0) is 18.4. The van der Waals surface area contributed by atoms with E-state index in [-0.39, 0.29) is 11.8 Å². The average molecular weight is 343 g/mol. The first-order chi connectivity index (χ1) is 11.8. The molecule has 0 aliphatic carbocycles. The molecule has 1 N–H and O–H groups in total. The number of rotatable bonds is 6. The molecule has 0 saturated carbocycles. The van der Waals surface area contributed by atoms with Gasteiger partial charge in [-0.05, 0) is 5.56 Å². The lowest BCUT2D eigenvalue weighted by molar-refractivity contribution is -0.128. The van der Waals surface area contributed by atoms with Gasteiger partial charge in [0.2, 0.25) is 5.91 Å². The summed E-state index contributed by atoms with van der Waals surface area (Å²) in [6, 6.07) is 9.76. The van der Waals surface area contributed by atoms with Gasteiger partial charge >= 0.3 is 0 Å². The summed E-state index contributed by atoms with van der Waals surface area (Å²) >= 11 is 0. The van der Waals surface area contributed by atoms with E-state index in [1.165, 1.54) is 0 Å². The number of amides is 2. The van der Waals surface area contributed by atoms with Crippen molar-refractivity contribution in [3.8, 4) is 0 Å². The molecule has 2 aromatic rings. The Bertz CT molecular complexity index is 719. The van der Waals surface area contributed by atoms with Gasteiger partial charge < -0.3 is 10.2 Å². The second-order valence-electron chi connectivity index (χ2n) is 7.02. The molecule has 2 rings (SSSR count). The van der Waals surface area contributed by atoms with Gasteiger partial charge in [-0.2, -0.15) is 0 Å². The molecule has 0 fully saturated rings. The van der Waals surface area contributed by atoms with Gasteiger partial charge in [0, 0.05) is 25.6 Å². The van der Waals surface area contributed by atoms with Gasteiger partial charge in [0.25, 0.3) is 5.91 Å². The minimum absolute atomic E-state index is 0.0218. The number of nitrogens with one attached hydrogen (secondary N) is 1. The molecule has 0 atom stereocenters. The lowest BCUT2D eigenvalue weighted by Crippen LogP contribution is -2.36. The summed E-state index contributed by atoms with van der Waals surface area (Å²) in [6.07, 6.45) is 1.60. The van der Waals surface area contributed by atoms with Crippen molar-refractivity contribution in [2.45, 2.75) is 33.9 Å². The van der Waals surface area contributed by atoms with Crippen LogP contribution in [0, 0.1) is 5.41 Å². The Balaban J connectivity index is 1.87. The Morgan fingerprint density at radius 3 is 2.52 bits per heavy atom. The molecule has 0 spiro atoms. The molecule has 7 heteroatoms. The molecule has 134 valence electrons. The van der Waals surface area contributed by atoms with Crippen LogP contribution < -0.4 is 5.32 Å². The fraction of sp³-hybridized carbons (Fsp3) is 0.444. The van der Waals surface area contributed by atoms with Gasteiger partial charge in [0.1, 0.15) is 0 Å². The van der Waals surface area contributed by atoms with Crippen LogP contribution in [-0.2, 0) is 17.9 Å². The maximum absolute atomic E-state index is 12.4. The standard InChI is InChI=1S/C18H25N5O2/c1-18(2,3)17(25)19-10-11-23-13-15(20-21-23)16(24)22(4)12-14-8-6-5-7-9-14/h5-9,13H,10-12H2,1-4H3,(H,19,25). The Hall–Kier alpha value is -2.70. The fourth-order valence-corrected chi connectivity index (χ4v) is 2.18. The van der Waals surface area contributed by atoms with Crippen LogP contribution in [0.4, 0.5) is 0 Å². The highest BCUT2D eigenvalue weighted by molar-refractivity contribution is 5.91. The quantitative estimate of drug-likeness (QED) is 0.866. The molecule has 0 aliphatic heterocycles. The molecular weight excluding hydrogens is 318 g/mol. The highest BCUT2D eigenvalue weighted by atomic mass is 16.2. The van der Waals surface area contributed by atoms with E-state index in [0.717, 1.165) is 5.56 Å². The molecule has 25 heavy (non-hydrogen) atoms. The zero-order valence-corrected chi connectivity index (χ0v) is 15.2. The van der Waals surface area contributed by atoms with Gasteiger partial charge in [-0.15, -0.1) is 5.10 Å². The number of carbonyl (C=O) groups excluding carboxylic acids is 2. The van der Waals surface area contributed by atoms with Crippen LogP contribution in [0.15, 0.2) is 36.5 Å². The third-order valence-corrected chi connectivity index (χ3v) is 3.67. The lowest BCUT2D eigenvalue weighted by Gasteiger charge is -2.17. The van der Waals surface area contributed by atoms with E-state index in [1.807, 2.05) is 51.1 Å². The average Bonchev–Trinajstić information content (AvgIpc) is 3.03. The number of nitrogens with zero attached hydrogens (tertiary/aromatic N) is 4. The molecule has 1 aromatic heterocycles. The molecule has 0 unspecified atom stereocenters. The van der Waals surface area contributed by atoms with Crippen LogP contribution >= 0.6 is 0 Å². The number of carbonyl (C=O) groups is 2. The summed E-state index contributed by atoms with van der Waals surface area (Å²) in [6.45, 7) is 6.98. The molecule has 2 amide bonds. The number of benzene rings is 1. The largest absolute Gasteiger partial charge is 0.354 e. The van der Waals surface area contributed by atoms with E-state index >= 15 is 0 Å². The highest BCUT2D eigenvalue weighted by Crippen LogP contribution is 2.12. The van der Waals surface area contributed by atoms with Crippen LogP contribution in [-0.4, -0.2) is 45.3 Å². The van der Waals surface area contributed by atoms with Crippen LogP contribution in [0.25, 0.3) is 0 Å². The number of aromatic nitrogens is 3. The third-order valence-electron chi connectivity index (χ3n) is 3.67. The fourth-order valence-electron chi connectivity index (χ4n) is 2.18. The second kappa shape index (κ2) is 7.92. The summed E-state index contributed by atoms with van der Waals surface area (Å²) in [5, 5.41) is 10.7. The minimum Gasteiger partial charge on any atom is -0.354 e. The van der Waals surface area contributed by atoms with Crippen molar-refractivity contribution in [3.63, 3.8) is 0 Å². The van der Waals surface area contributed by atoms with Crippen molar-refractivity contribution < 1.29 is 9.59 Å². The number of hydrogen-bond acceptors (Lipinski definition) is 4. The van der Waals surface area contributed by atoms with Gasteiger partial charge in [0.15, 0.2) is 5.69 Å². The van der Waals surface area contributed by atoms with E-state index < -0.39 is 5.41 Å². The van der Waals surface area contributed by atoms with E-state index in [2.05, 4.69) is 15.6 Å². The smallest absolute Gasteiger partial charge is 0.276 e. The summed E-state index contributed by atoms with van der Waals surface area (Å²) in [4.78, 5) is 25.8. The molecule has 0 aliphatic rings. The Kier molecular flexibility index (Phi) is 5.90. The predicted octanol–water partition coefficient (Wildman–Crippen LogP) is 1.71. The summed E-state index contributed by atoms with van der Waals surface area (Å²) in [5.74, 6) is -0.208. The van der Waals surface area contributed by atoms with Crippen molar-refractivity contribution in [2.75, 3.05) is 13.6 Å². The molecule has 7 nitrogen and oxygen atoms in total. The second-order valence-corrected chi connectivity index (χ2v) is 7.02. The van der Waals surface area contributed by atoms with Crippen LogP contribution in [0.5, 0.6) is 0 Å².